The third-order valence-electron chi connectivity index (χ3n) is 22.2. The summed E-state index contributed by atoms with van der Waals surface area (Å²) in [4.78, 5) is 19.3. The van der Waals surface area contributed by atoms with Gasteiger partial charge in [-0.05, 0) is 36.0 Å². The van der Waals surface area contributed by atoms with Gasteiger partial charge in [-0.25, -0.2) is 0 Å². The minimum atomic E-state index is 0. The number of rotatable bonds is 12. The van der Waals surface area contributed by atoms with Crippen LogP contribution >= 0.6 is 0 Å². The van der Waals surface area contributed by atoms with Gasteiger partial charge >= 0.3 is 17.7 Å². The molecule has 18 unspecified atom stereocenters. The monoisotopic (exact) mass is 888 g/mol. The summed E-state index contributed by atoms with van der Waals surface area (Å²) in [6.07, 6.45) is 11.6. The predicted molar refractivity (Wildman–Crippen MR) is 246 cm³/mol. The van der Waals surface area contributed by atoms with Gasteiger partial charge in [0.2, 0.25) is 0 Å². The van der Waals surface area contributed by atoms with Crippen LogP contribution in [0.3, 0.4) is 0 Å². The van der Waals surface area contributed by atoms with Crippen molar-refractivity contribution in [2.24, 2.45) is 16.7 Å². The molecule has 0 saturated carbocycles. The van der Waals surface area contributed by atoms with Gasteiger partial charge in [0.1, 0.15) is 137 Å². The summed E-state index contributed by atoms with van der Waals surface area (Å²) in [7, 11) is 5.04. The second kappa shape index (κ2) is 16.9. The maximum absolute atomic E-state index is 8.86. The first-order valence-electron chi connectivity index (χ1n) is 27.3. The van der Waals surface area contributed by atoms with Gasteiger partial charge < -0.3 is 0 Å². The highest BCUT2D eigenvalue weighted by Crippen LogP contribution is 2.40. The molecule has 358 valence electrons. The zero-order chi connectivity index (χ0) is 43.5. The van der Waals surface area contributed by atoms with Crippen LogP contribution in [0.25, 0.3) is 0 Å². The van der Waals surface area contributed by atoms with E-state index in [1.54, 1.807) is 0 Å². The Bertz CT molecular complexity index is 1680. The highest BCUT2D eigenvalue weighted by atomic mass is 15.9. The molecular weight excluding hydrogens is 783 g/mol. The number of nitrogens with one attached hydrogen (secondary N) is 10. The fraction of sp³-hybridized carbons (Fsp3) is 0.980. The van der Waals surface area contributed by atoms with E-state index in [-0.39, 0.29) is 7.43 Å². The van der Waals surface area contributed by atoms with Crippen LogP contribution in [0.5, 0.6) is 0 Å². The van der Waals surface area contributed by atoms with Crippen LogP contribution in [0.2, 0.25) is 0 Å². The van der Waals surface area contributed by atoms with Gasteiger partial charge in [-0.15, -0.1) is 0 Å². The lowest BCUT2D eigenvalue weighted by Crippen LogP contribution is -3.59. The van der Waals surface area contributed by atoms with Gasteiger partial charge in [-0.3, -0.25) is 0 Å². The lowest BCUT2D eigenvalue weighted by Gasteiger charge is -2.36. The topological polar surface area (TPSA) is 68.2 Å². The maximum atomic E-state index is 8.86. The average Bonchev–Trinajstić information content (AvgIpc) is 4.07. The first-order valence-corrected chi connectivity index (χ1v) is 27.3. The molecule has 12 heterocycles. The molecule has 13 nitrogen and oxygen atoms in total. The van der Waals surface area contributed by atoms with Crippen molar-refractivity contribution in [2.45, 2.75) is 150 Å². The Balaban J connectivity index is 0.000000125. The summed E-state index contributed by atoms with van der Waals surface area (Å²) in [5, 5.41) is 8.86. The van der Waals surface area contributed by atoms with Crippen molar-refractivity contribution in [1.29, 1.82) is 5.26 Å². The molecule has 13 heteroatoms. The minimum absolute atomic E-state index is 0. The summed E-state index contributed by atoms with van der Waals surface area (Å²) < 4.78 is 2.68. The van der Waals surface area contributed by atoms with Crippen molar-refractivity contribution in [3.8, 4) is 6.07 Å². The Labute approximate surface area is 385 Å². The molecule has 63 heavy (non-hydrogen) atoms. The molecule has 0 aliphatic carbocycles. The quantitative estimate of drug-likeness (QED) is 0.0892. The fourth-order valence-electron chi connectivity index (χ4n) is 20.1. The fourth-order valence-corrected chi connectivity index (χ4v) is 20.1. The molecule has 0 bridgehead atoms. The predicted octanol–water partition coefficient (Wildman–Crippen LogP) is -9.80. The second-order valence-electron chi connectivity index (χ2n) is 25.8. The van der Waals surface area contributed by atoms with Crippen LogP contribution in [-0.2, 0) is 0 Å². The molecule has 12 aliphatic heterocycles. The smallest absolute Gasteiger partial charge is 0.198 e. The van der Waals surface area contributed by atoms with Crippen LogP contribution in [0, 0.1) is 28.1 Å². The van der Waals surface area contributed by atoms with Crippen molar-refractivity contribution in [3.05, 3.63) is 0 Å². The molecular formula is C50H105N13+12. The van der Waals surface area contributed by atoms with E-state index in [1.807, 2.05) is 49.0 Å². The normalized spacial score (nSPS) is 50.9. The van der Waals surface area contributed by atoms with E-state index in [0.717, 1.165) is 36.9 Å². The SMILES string of the molecule is C.CCC1C[NH+]2CC[NH+]3CC[N@+]4(C)CC[NH+]1C324.CCCC(C)(CC(C)CC(C)(C)CC)CC1C[NH+]2CC[NH+]3CC[NH+]4CC[NH+]1C342.C[N@@+]12CC[NH+]3CC[NH+]4CC(CCC#N)[NH+](CC1)C342. The maximum Gasteiger partial charge on any atom is 0.476 e. The van der Waals surface area contributed by atoms with E-state index in [4.69, 9.17) is 5.26 Å². The Morgan fingerprint density at radius 1 is 0.603 bits per heavy atom. The number of nitrogens with zero attached hydrogens (tertiary/aromatic N) is 3. The Morgan fingerprint density at radius 3 is 1.65 bits per heavy atom. The van der Waals surface area contributed by atoms with E-state index in [1.165, 1.54) is 191 Å². The van der Waals surface area contributed by atoms with Crippen molar-refractivity contribution in [2.75, 3.05) is 152 Å². The molecule has 12 saturated heterocycles. The van der Waals surface area contributed by atoms with Gasteiger partial charge in [0, 0.05) is 25.7 Å². The zero-order valence-electron chi connectivity index (χ0n) is 41.9. The Kier molecular flexibility index (Phi) is 12.6. The van der Waals surface area contributed by atoms with Crippen LogP contribution in [-0.4, -0.2) is 196 Å². The number of nitriles is 1. The molecule has 0 amide bonds. The van der Waals surface area contributed by atoms with E-state index in [9.17, 15) is 0 Å². The van der Waals surface area contributed by atoms with Crippen LogP contribution < -0.4 is 49.0 Å². The number of hydrogen-bond acceptors (Lipinski definition) is 1. The minimum Gasteiger partial charge on any atom is -0.198 e. The van der Waals surface area contributed by atoms with Gasteiger partial charge in [0.25, 0.3) is 0 Å². The molecule has 10 N–H and O–H groups in total. The molecule has 0 radical (unpaired) electrons. The van der Waals surface area contributed by atoms with E-state index in [0.29, 0.717) is 28.6 Å². The van der Waals surface area contributed by atoms with Gasteiger partial charge in [0.15, 0.2) is 18.1 Å². The summed E-state index contributed by atoms with van der Waals surface area (Å²) in [6.45, 7) is 46.9. The van der Waals surface area contributed by atoms with Crippen LogP contribution in [0.15, 0.2) is 0 Å². The van der Waals surface area contributed by atoms with Gasteiger partial charge in [-0.1, -0.05) is 68.7 Å². The second-order valence-corrected chi connectivity index (χ2v) is 25.8. The largest absolute Gasteiger partial charge is 0.476 e. The molecule has 0 aromatic heterocycles. The molecule has 12 fully saturated rings. The summed E-state index contributed by atoms with van der Waals surface area (Å²) in [5.41, 5.74) is 1.04. The molecule has 12 aliphatic rings. The zero-order valence-corrected chi connectivity index (χ0v) is 41.9. The van der Waals surface area contributed by atoms with Gasteiger partial charge in [0.05, 0.1) is 20.2 Å². The molecule has 12 rings (SSSR count). The van der Waals surface area contributed by atoms with Crippen LogP contribution in [0.1, 0.15) is 114 Å². The average molecular weight is 888 g/mol. The standard InChI is InChI=1S/C24H46N4.C13H22N5.C12H23N4.CH4/c1-7-9-23(6,17-20(3)16-22(4,5)8-2)18-21-19-27-13-12-25-10-11-26-14-15-28(21)24(25,26)27;1-18-9-7-15-5-6-16-11-12(3-2-4-14)17(8-10-18)13(15,16)18;1-3-11-10-14-5-4-13-6-8-16(2)9-7-15(11)12(13,14)16;/h20-21H,7-19H2,1-6H3;12H,2-3,5-11H2,1H3;11H,3-10H2,1-2H3;1H4/q;2*+1;/p+10/t;12?,13?,18-;11?,12?,16-;/m.11./s1. The first kappa shape index (κ1) is 47.1. The molecule has 3 spiro atoms. The first-order chi connectivity index (χ1) is 29.7. The lowest BCUT2D eigenvalue weighted by atomic mass is 9.70. The van der Waals surface area contributed by atoms with Gasteiger partial charge in [-0.2, -0.15) is 63.2 Å². The summed E-state index contributed by atoms with van der Waals surface area (Å²) in [5.74, 6) is 2.34. The summed E-state index contributed by atoms with van der Waals surface area (Å²) >= 11 is 0. The number of hydrogen-bond donors (Lipinski definition) is 10. The van der Waals surface area contributed by atoms with E-state index < -0.39 is 0 Å². The van der Waals surface area contributed by atoms with Crippen molar-refractivity contribution >= 4 is 0 Å². The van der Waals surface area contributed by atoms with E-state index >= 15 is 0 Å². The lowest BCUT2D eigenvalue weighted by molar-refractivity contribution is -1.37. The number of quaternary nitrogens is 12. The molecule has 0 aromatic rings. The Hall–Kier alpha value is -0.990. The molecule has 20 atom stereocenters. The number of likely N-dealkylation sites (N-methyl/N-ethyl adjacent to an activating group) is 2. The van der Waals surface area contributed by atoms with Crippen LogP contribution in [0.4, 0.5) is 0 Å². The third kappa shape index (κ3) is 6.70. The van der Waals surface area contributed by atoms with Crippen molar-refractivity contribution < 1.29 is 58.0 Å². The highest BCUT2D eigenvalue weighted by Gasteiger charge is 2.87. The highest BCUT2D eigenvalue weighted by molar-refractivity contribution is 4.84. The Morgan fingerprint density at radius 2 is 1.10 bits per heavy atom. The third-order valence-corrected chi connectivity index (χ3v) is 22.2. The van der Waals surface area contributed by atoms with Crippen molar-refractivity contribution in [1.82, 2.24) is 0 Å². The molecule has 0 aromatic carbocycles. The van der Waals surface area contributed by atoms with Crippen molar-refractivity contribution in [3.63, 3.8) is 0 Å². The van der Waals surface area contributed by atoms with E-state index in [2.05, 4.69) is 68.6 Å². The summed E-state index contributed by atoms with van der Waals surface area (Å²) in [6, 6.07) is 4.95.